The number of rotatable bonds is 10. The highest BCUT2D eigenvalue weighted by molar-refractivity contribution is 6.44. The largest absolute Gasteiger partial charge is 0.495 e. The van der Waals surface area contributed by atoms with E-state index in [4.69, 9.17) is 14.0 Å². The van der Waals surface area contributed by atoms with E-state index in [1.807, 2.05) is 0 Å². The van der Waals surface area contributed by atoms with Gasteiger partial charge in [0.1, 0.15) is 18.9 Å². The van der Waals surface area contributed by atoms with E-state index >= 15 is 0 Å². The van der Waals surface area contributed by atoms with Crippen molar-refractivity contribution in [2.45, 2.75) is 31.9 Å². The quantitative estimate of drug-likeness (QED) is 0.326. The summed E-state index contributed by atoms with van der Waals surface area (Å²) < 4.78 is 16.2. The highest BCUT2D eigenvalue weighted by Crippen LogP contribution is 2.32. The van der Waals surface area contributed by atoms with E-state index in [1.165, 1.54) is 12.0 Å². The molecule has 14 heteroatoms. The molecule has 1 aromatic heterocycles. The first-order chi connectivity index (χ1) is 18.3. The first-order valence-electron chi connectivity index (χ1n) is 12.1. The molecule has 200 valence electrons. The van der Waals surface area contributed by atoms with Crippen LogP contribution in [0.25, 0.3) is 0 Å². The van der Waals surface area contributed by atoms with Crippen molar-refractivity contribution in [2.75, 3.05) is 38.3 Å². The molecule has 3 aliphatic rings. The van der Waals surface area contributed by atoms with Gasteiger partial charge in [0.2, 0.25) is 17.7 Å². The number of hydrogen-bond donors (Lipinski definition) is 1. The molecule has 0 spiro atoms. The average molecular weight is 527 g/mol. The number of para-hydroxylation sites is 2. The van der Waals surface area contributed by atoms with Crippen molar-refractivity contribution in [1.29, 1.82) is 0 Å². The van der Waals surface area contributed by atoms with Crippen LogP contribution < -0.4 is 15.0 Å². The van der Waals surface area contributed by atoms with Crippen LogP contribution in [0, 0.1) is 5.92 Å². The summed E-state index contributed by atoms with van der Waals surface area (Å²) in [6, 6.07) is 6.24. The van der Waals surface area contributed by atoms with Crippen LogP contribution in [0.1, 0.15) is 24.6 Å². The van der Waals surface area contributed by atoms with Crippen molar-refractivity contribution in [3.05, 3.63) is 36.0 Å². The summed E-state index contributed by atoms with van der Waals surface area (Å²) in [7, 11) is 1.49. The van der Waals surface area contributed by atoms with Crippen LogP contribution in [0.2, 0.25) is 0 Å². The fourth-order valence-corrected chi connectivity index (χ4v) is 4.24. The van der Waals surface area contributed by atoms with Gasteiger partial charge >= 0.3 is 17.8 Å². The fourth-order valence-electron chi connectivity index (χ4n) is 4.24. The molecule has 14 nitrogen and oxygen atoms in total. The van der Waals surface area contributed by atoms with Crippen molar-refractivity contribution < 1.29 is 38.0 Å². The van der Waals surface area contributed by atoms with Gasteiger partial charge in [0.25, 0.3) is 0 Å². The van der Waals surface area contributed by atoms with Crippen LogP contribution in [-0.4, -0.2) is 89.1 Å². The molecule has 3 heterocycles. The molecule has 1 unspecified atom stereocenters. The first-order valence-corrected chi connectivity index (χ1v) is 12.1. The van der Waals surface area contributed by atoms with E-state index in [9.17, 15) is 24.0 Å². The SMILES string of the molecule is COc1ccccc1N(CC1CNC(=O)CO1)C(=O)Cc1noc(CN2C(=O)C(=O)N(CC3CC3)C2=O)n1. The highest BCUT2D eigenvalue weighted by Gasteiger charge is 2.46. The van der Waals surface area contributed by atoms with Crippen molar-refractivity contribution in [3.8, 4) is 5.75 Å². The zero-order valence-electron chi connectivity index (χ0n) is 20.6. The van der Waals surface area contributed by atoms with Crippen LogP contribution in [0.3, 0.4) is 0 Å². The molecular weight excluding hydrogens is 500 g/mol. The summed E-state index contributed by atoms with van der Waals surface area (Å²) in [4.78, 5) is 69.4. The van der Waals surface area contributed by atoms with E-state index in [2.05, 4.69) is 15.5 Å². The van der Waals surface area contributed by atoms with Crippen molar-refractivity contribution in [3.63, 3.8) is 0 Å². The maximum atomic E-state index is 13.4. The minimum atomic E-state index is -0.951. The van der Waals surface area contributed by atoms with Crippen molar-refractivity contribution >= 4 is 35.3 Å². The molecule has 1 N–H and O–H groups in total. The molecule has 2 aromatic rings. The lowest BCUT2D eigenvalue weighted by atomic mass is 10.2. The third-order valence-electron chi connectivity index (χ3n) is 6.43. The normalized spacial score (nSPS) is 19.7. The lowest BCUT2D eigenvalue weighted by Crippen LogP contribution is -2.49. The fraction of sp³-hybridized carbons (Fsp3) is 0.458. The first kappa shape index (κ1) is 25.3. The Bertz CT molecular complexity index is 1260. The van der Waals surface area contributed by atoms with E-state index in [1.54, 1.807) is 24.3 Å². The molecule has 1 aromatic carbocycles. The number of nitrogens with zero attached hydrogens (tertiary/aromatic N) is 5. The maximum Gasteiger partial charge on any atom is 0.334 e. The van der Waals surface area contributed by atoms with Gasteiger partial charge in [-0.3, -0.25) is 24.1 Å². The number of nitrogens with one attached hydrogen (secondary N) is 1. The molecule has 1 aliphatic carbocycles. The van der Waals surface area contributed by atoms with Gasteiger partial charge in [0.05, 0.1) is 31.9 Å². The van der Waals surface area contributed by atoms with Gasteiger partial charge in [-0.2, -0.15) is 4.98 Å². The topological polar surface area (TPSA) is 164 Å². The number of anilines is 1. The second-order valence-corrected chi connectivity index (χ2v) is 9.23. The Morgan fingerprint density at radius 3 is 2.63 bits per heavy atom. The lowest BCUT2D eigenvalue weighted by molar-refractivity contribution is -0.143. The summed E-state index contributed by atoms with van der Waals surface area (Å²) in [6.07, 6.45) is 1.11. The molecular formula is C24H26N6O8. The summed E-state index contributed by atoms with van der Waals surface area (Å²) in [5, 5.41) is 6.53. The summed E-state index contributed by atoms with van der Waals surface area (Å²) in [5.74, 6) is -1.82. The number of urea groups is 1. The Kier molecular flexibility index (Phi) is 7.05. The van der Waals surface area contributed by atoms with Crippen LogP contribution >= 0.6 is 0 Å². The molecule has 0 radical (unpaired) electrons. The molecule has 38 heavy (non-hydrogen) atoms. The number of methoxy groups -OCH3 is 1. The number of carbonyl (C=O) groups is 5. The Labute approximate surface area is 216 Å². The zero-order chi connectivity index (χ0) is 26.8. The number of imide groups is 2. The number of morpholine rings is 1. The summed E-state index contributed by atoms with van der Waals surface area (Å²) in [6.45, 7) is 0.0913. The molecule has 0 bridgehead atoms. The number of hydrogen-bond acceptors (Lipinski definition) is 10. The van der Waals surface area contributed by atoms with E-state index < -0.39 is 29.9 Å². The predicted molar refractivity (Wildman–Crippen MR) is 126 cm³/mol. The smallest absolute Gasteiger partial charge is 0.334 e. The minimum absolute atomic E-state index is 0.0306. The van der Waals surface area contributed by atoms with Gasteiger partial charge in [-0.25, -0.2) is 9.69 Å². The summed E-state index contributed by atoms with van der Waals surface area (Å²) in [5.41, 5.74) is 0.492. The average Bonchev–Trinajstić information content (AvgIpc) is 3.61. The molecule has 3 fully saturated rings. The molecule has 5 rings (SSSR count). The van der Waals surface area contributed by atoms with E-state index in [-0.39, 0.29) is 62.7 Å². The Hall–Kier alpha value is -4.33. The third-order valence-corrected chi connectivity index (χ3v) is 6.43. The van der Waals surface area contributed by atoms with Gasteiger partial charge < -0.3 is 24.2 Å². The van der Waals surface area contributed by atoms with E-state index in [0.29, 0.717) is 11.4 Å². The van der Waals surface area contributed by atoms with Crippen LogP contribution in [-0.2, 0) is 36.9 Å². The summed E-state index contributed by atoms with van der Waals surface area (Å²) >= 11 is 0. The standard InChI is InChI=1S/C24H26N6O8/c1-36-17-5-3-2-4-16(17)28(11-15-9-25-19(31)13-37-15)21(32)8-18-26-20(38-27-18)12-30-23(34)22(33)29(24(30)35)10-14-6-7-14/h2-5,14-15H,6-13H2,1H3,(H,25,31). The van der Waals surface area contributed by atoms with E-state index in [0.717, 1.165) is 22.6 Å². The van der Waals surface area contributed by atoms with Crippen LogP contribution in [0.5, 0.6) is 5.75 Å². The predicted octanol–water partition coefficient (Wildman–Crippen LogP) is -0.130. The zero-order valence-corrected chi connectivity index (χ0v) is 20.6. The number of benzene rings is 1. The minimum Gasteiger partial charge on any atom is -0.495 e. The van der Waals surface area contributed by atoms with Gasteiger partial charge in [0, 0.05) is 13.1 Å². The second-order valence-electron chi connectivity index (χ2n) is 9.23. The van der Waals surface area contributed by atoms with Gasteiger partial charge in [-0.1, -0.05) is 17.3 Å². The lowest BCUT2D eigenvalue weighted by Gasteiger charge is -2.30. The number of aromatic nitrogens is 2. The van der Waals surface area contributed by atoms with Crippen molar-refractivity contribution in [1.82, 2.24) is 25.3 Å². The number of ether oxygens (including phenoxy) is 2. The van der Waals surface area contributed by atoms with Crippen molar-refractivity contribution in [2.24, 2.45) is 5.92 Å². The maximum absolute atomic E-state index is 13.4. The molecule has 6 amide bonds. The van der Waals surface area contributed by atoms with Crippen LogP contribution in [0.4, 0.5) is 10.5 Å². The third kappa shape index (κ3) is 5.34. The number of amides is 6. The molecule has 1 atom stereocenters. The second kappa shape index (κ2) is 10.6. The Morgan fingerprint density at radius 2 is 1.92 bits per heavy atom. The highest BCUT2D eigenvalue weighted by atomic mass is 16.5. The van der Waals surface area contributed by atoms with Gasteiger partial charge in [-0.15, -0.1) is 0 Å². The van der Waals surface area contributed by atoms with Gasteiger partial charge in [0.15, 0.2) is 5.82 Å². The number of carbonyl (C=O) groups excluding carboxylic acids is 5. The Morgan fingerprint density at radius 1 is 1.16 bits per heavy atom. The van der Waals surface area contributed by atoms with Crippen LogP contribution in [0.15, 0.2) is 28.8 Å². The molecule has 2 aliphatic heterocycles. The molecule has 2 saturated heterocycles. The molecule has 1 saturated carbocycles. The monoisotopic (exact) mass is 526 g/mol. The van der Waals surface area contributed by atoms with Gasteiger partial charge in [-0.05, 0) is 30.9 Å². The Balaban J connectivity index is 1.28.